The van der Waals surface area contributed by atoms with E-state index in [1.165, 1.54) is 0 Å². The van der Waals surface area contributed by atoms with Gasteiger partial charge in [0.25, 0.3) is 0 Å². The Bertz CT molecular complexity index is 852. The molecule has 0 spiro atoms. The number of Topliss-reactive ketones (excluding diaryl/α,β-unsaturated/α-hetero) is 1. The summed E-state index contributed by atoms with van der Waals surface area (Å²) in [4.78, 5) is 25.3. The van der Waals surface area contributed by atoms with E-state index in [2.05, 4.69) is 15.0 Å². The van der Waals surface area contributed by atoms with Crippen LogP contribution in [0.2, 0.25) is 0 Å². The minimum atomic E-state index is 0.152. The summed E-state index contributed by atoms with van der Waals surface area (Å²) in [7, 11) is 0. The molecule has 4 rings (SSSR count). The van der Waals surface area contributed by atoms with Crippen molar-refractivity contribution in [2.24, 2.45) is 0 Å². The molecular formula is C17H13N3O. The van der Waals surface area contributed by atoms with Gasteiger partial charge in [0.1, 0.15) is 0 Å². The van der Waals surface area contributed by atoms with Crippen LogP contribution in [0.25, 0.3) is 22.3 Å². The highest BCUT2D eigenvalue weighted by Gasteiger charge is 2.20. The van der Waals surface area contributed by atoms with Gasteiger partial charge in [0.05, 0.1) is 16.8 Å². The van der Waals surface area contributed by atoms with E-state index in [1.54, 1.807) is 12.4 Å². The number of rotatable bonds is 1. The molecule has 3 aromatic rings. The molecule has 1 aliphatic rings. The van der Waals surface area contributed by atoms with E-state index in [0.29, 0.717) is 17.8 Å². The molecule has 0 saturated heterocycles. The van der Waals surface area contributed by atoms with Crippen LogP contribution in [0.5, 0.6) is 0 Å². The van der Waals surface area contributed by atoms with Crippen molar-refractivity contribution < 1.29 is 4.79 Å². The third-order valence-corrected chi connectivity index (χ3v) is 3.86. The second-order valence-corrected chi connectivity index (χ2v) is 5.21. The van der Waals surface area contributed by atoms with Gasteiger partial charge in [0, 0.05) is 29.8 Å². The van der Waals surface area contributed by atoms with Gasteiger partial charge in [-0.25, -0.2) is 9.97 Å². The van der Waals surface area contributed by atoms with Crippen molar-refractivity contribution >= 4 is 16.7 Å². The first-order chi connectivity index (χ1) is 10.3. The molecule has 4 heteroatoms. The number of carbonyl (C=O) groups excluding carboxylic acids is 1. The van der Waals surface area contributed by atoms with Crippen LogP contribution >= 0.6 is 0 Å². The summed E-state index contributed by atoms with van der Waals surface area (Å²) in [6, 6.07) is 9.91. The Hall–Kier alpha value is -2.62. The molecule has 0 unspecified atom stereocenters. The van der Waals surface area contributed by atoms with Crippen LogP contribution in [0.15, 0.2) is 42.7 Å². The van der Waals surface area contributed by atoms with E-state index in [4.69, 9.17) is 0 Å². The standard InChI is InChI=1S/C17H13N3O/c21-15-8-2-7-14-13(15)10-19-17(20-14)12-6-1-4-11-5-3-9-18-16(11)12/h1,3-6,9-10H,2,7-8H2. The number of ketones is 1. The molecule has 21 heavy (non-hydrogen) atoms. The maximum absolute atomic E-state index is 11.9. The van der Waals surface area contributed by atoms with Gasteiger partial charge in [-0.1, -0.05) is 18.2 Å². The minimum Gasteiger partial charge on any atom is -0.294 e. The average molecular weight is 275 g/mol. The van der Waals surface area contributed by atoms with Crippen molar-refractivity contribution in [3.05, 3.63) is 54.0 Å². The topological polar surface area (TPSA) is 55.7 Å². The largest absolute Gasteiger partial charge is 0.294 e. The molecule has 2 heterocycles. The van der Waals surface area contributed by atoms with E-state index < -0.39 is 0 Å². The van der Waals surface area contributed by atoms with Crippen LogP contribution in [0, 0.1) is 0 Å². The Morgan fingerprint density at radius 1 is 0.952 bits per heavy atom. The fourth-order valence-corrected chi connectivity index (χ4v) is 2.81. The van der Waals surface area contributed by atoms with Gasteiger partial charge < -0.3 is 0 Å². The van der Waals surface area contributed by atoms with Crippen molar-refractivity contribution in [1.29, 1.82) is 0 Å². The summed E-state index contributed by atoms with van der Waals surface area (Å²) in [5, 5.41) is 1.06. The van der Waals surface area contributed by atoms with Crippen LogP contribution in [0.4, 0.5) is 0 Å². The summed E-state index contributed by atoms with van der Waals surface area (Å²) in [5.41, 5.74) is 3.35. The maximum atomic E-state index is 11.9. The highest BCUT2D eigenvalue weighted by molar-refractivity contribution is 5.98. The lowest BCUT2D eigenvalue weighted by atomic mass is 9.96. The third-order valence-electron chi connectivity index (χ3n) is 3.86. The molecule has 1 aliphatic carbocycles. The molecule has 0 fully saturated rings. The predicted octanol–water partition coefficient (Wildman–Crippen LogP) is 3.21. The number of hydrogen-bond donors (Lipinski definition) is 0. The molecule has 0 bridgehead atoms. The van der Waals surface area contributed by atoms with Crippen LogP contribution in [-0.2, 0) is 6.42 Å². The lowest BCUT2D eigenvalue weighted by Crippen LogP contribution is -2.13. The first-order valence-electron chi connectivity index (χ1n) is 7.06. The van der Waals surface area contributed by atoms with E-state index in [1.807, 2.05) is 30.3 Å². The Kier molecular flexibility index (Phi) is 2.74. The number of fused-ring (bicyclic) bond motifs is 2. The van der Waals surface area contributed by atoms with E-state index in [0.717, 1.165) is 35.0 Å². The fraction of sp³-hybridized carbons (Fsp3) is 0.176. The Morgan fingerprint density at radius 2 is 1.86 bits per heavy atom. The van der Waals surface area contributed by atoms with E-state index in [-0.39, 0.29) is 5.78 Å². The third kappa shape index (κ3) is 2.00. The molecule has 0 aliphatic heterocycles. The first kappa shape index (κ1) is 12.1. The lowest BCUT2D eigenvalue weighted by Gasteiger charge is -2.14. The monoisotopic (exact) mass is 275 g/mol. The Balaban J connectivity index is 1.91. The molecule has 2 aromatic heterocycles. The van der Waals surface area contributed by atoms with Crippen molar-refractivity contribution in [1.82, 2.24) is 15.0 Å². The van der Waals surface area contributed by atoms with Gasteiger partial charge in [0.2, 0.25) is 0 Å². The quantitative estimate of drug-likeness (QED) is 0.684. The van der Waals surface area contributed by atoms with Crippen molar-refractivity contribution in [3.63, 3.8) is 0 Å². The van der Waals surface area contributed by atoms with Crippen molar-refractivity contribution in [2.45, 2.75) is 19.3 Å². The second-order valence-electron chi connectivity index (χ2n) is 5.21. The molecular weight excluding hydrogens is 262 g/mol. The molecule has 0 N–H and O–H groups in total. The van der Waals surface area contributed by atoms with Gasteiger partial charge in [0.15, 0.2) is 11.6 Å². The lowest BCUT2D eigenvalue weighted by molar-refractivity contribution is 0.0971. The Morgan fingerprint density at radius 3 is 2.81 bits per heavy atom. The van der Waals surface area contributed by atoms with Crippen LogP contribution < -0.4 is 0 Å². The fourth-order valence-electron chi connectivity index (χ4n) is 2.81. The smallest absolute Gasteiger partial charge is 0.166 e. The zero-order valence-electron chi connectivity index (χ0n) is 11.4. The predicted molar refractivity (Wildman–Crippen MR) is 80.0 cm³/mol. The van der Waals surface area contributed by atoms with Crippen LogP contribution in [-0.4, -0.2) is 20.7 Å². The number of carbonyl (C=O) groups is 1. The SMILES string of the molecule is O=C1CCCc2nc(-c3cccc4cccnc34)ncc21. The zero-order chi connectivity index (χ0) is 14.2. The number of aryl methyl sites for hydroxylation is 1. The summed E-state index contributed by atoms with van der Waals surface area (Å²) in [6.45, 7) is 0. The number of nitrogens with zero attached hydrogens (tertiary/aromatic N) is 3. The molecule has 1 aromatic carbocycles. The van der Waals surface area contributed by atoms with E-state index >= 15 is 0 Å². The molecule has 0 amide bonds. The summed E-state index contributed by atoms with van der Waals surface area (Å²) < 4.78 is 0. The molecule has 0 saturated carbocycles. The number of benzene rings is 1. The summed E-state index contributed by atoms with van der Waals surface area (Å²) in [6.07, 6.45) is 5.76. The van der Waals surface area contributed by atoms with Gasteiger partial charge in [-0.3, -0.25) is 9.78 Å². The Labute approximate surface area is 121 Å². The van der Waals surface area contributed by atoms with Gasteiger partial charge in [-0.05, 0) is 25.0 Å². The number of pyridine rings is 1. The van der Waals surface area contributed by atoms with Crippen LogP contribution in [0.3, 0.4) is 0 Å². The van der Waals surface area contributed by atoms with Crippen molar-refractivity contribution in [2.75, 3.05) is 0 Å². The molecule has 4 nitrogen and oxygen atoms in total. The second kappa shape index (κ2) is 4.74. The summed E-state index contributed by atoms with van der Waals surface area (Å²) in [5.74, 6) is 0.798. The number of para-hydroxylation sites is 1. The normalized spacial score (nSPS) is 14.2. The zero-order valence-corrected chi connectivity index (χ0v) is 11.4. The minimum absolute atomic E-state index is 0.152. The first-order valence-corrected chi connectivity index (χ1v) is 7.06. The molecule has 0 radical (unpaired) electrons. The van der Waals surface area contributed by atoms with Crippen LogP contribution in [0.1, 0.15) is 28.9 Å². The summed E-state index contributed by atoms with van der Waals surface area (Å²) >= 11 is 0. The average Bonchev–Trinajstić information content (AvgIpc) is 2.54. The molecule has 102 valence electrons. The van der Waals surface area contributed by atoms with Gasteiger partial charge in [-0.15, -0.1) is 0 Å². The van der Waals surface area contributed by atoms with E-state index in [9.17, 15) is 4.79 Å². The molecule has 0 atom stereocenters. The number of aromatic nitrogens is 3. The van der Waals surface area contributed by atoms with Crippen molar-refractivity contribution in [3.8, 4) is 11.4 Å². The van der Waals surface area contributed by atoms with Gasteiger partial charge >= 0.3 is 0 Å². The maximum Gasteiger partial charge on any atom is 0.166 e. The highest BCUT2D eigenvalue weighted by Crippen LogP contribution is 2.26. The van der Waals surface area contributed by atoms with Gasteiger partial charge in [-0.2, -0.15) is 0 Å². The highest BCUT2D eigenvalue weighted by atomic mass is 16.1. The number of hydrogen-bond acceptors (Lipinski definition) is 4.